The van der Waals surface area contributed by atoms with Crippen LogP contribution in [-0.4, -0.2) is 13.7 Å². The third kappa shape index (κ3) is 6.94. The first-order valence-corrected chi connectivity index (χ1v) is 27.4. The first-order chi connectivity index (χ1) is 38.9. The summed E-state index contributed by atoms with van der Waals surface area (Å²) in [5.41, 5.74) is 23.7. The molecule has 3 heterocycles. The van der Waals surface area contributed by atoms with E-state index in [1.165, 1.54) is 116 Å². The van der Waals surface area contributed by atoms with Crippen LogP contribution in [0.4, 0.5) is 17.1 Å². The molecule has 12 aromatic carbocycles. The minimum absolute atomic E-state index is 0.267. The van der Waals surface area contributed by atoms with Gasteiger partial charge in [0.25, 0.3) is 0 Å². The quantitative estimate of drug-likeness (QED) is 0.148. The van der Waals surface area contributed by atoms with Gasteiger partial charge in [-0.1, -0.05) is 184 Å². The lowest BCUT2D eigenvalue weighted by atomic mass is 9.82. The molecule has 1 aliphatic carbocycles. The van der Waals surface area contributed by atoms with E-state index >= 15 is 0 Å². The molecule has 0 radical (unpaired) electrons. The van der Waals surface area contributed by atoms with Crippen molar-refractivity contribution in [1.82, 2.24) is 13.7 Å². The Hall–Kier alpha value is -10.2. The molecule has 0 spiro atoms. The Kier molecular flexibility index (Phi) is 9.95. The number of fused-ring (bicyclic) bond motifs is 12. The van der Waals surface area contributed by atoms with Crippen LogP contribution in [0.25, 0.3) is 116 Å². The van der Waals surface area contributed by atoms with Crippen LogP contribution < -0.4 is 4.90 Å². The van der Waals surface area contributed by atoms with Crippen LogP contribution in [0.5, 0.6) is 0 Å². The zero-order chi connectivity index (χ0) is 52.3. The van der Waals surface area contributed by atoms with Gasteiger partial charge in [-0.05, 0) is 154 Å². The molecule has 79 heavy (non-hydrogen) atoms. The lowest BCUT2D eigenvalue weighted by Gasteiger charge is -2.28. The van der Waals surface area contributed by atoms with Gasteiger partial charge >= 0.3 is 0 Å². The maximum Gasteiger partial charge on any atom is 0.0547 e. The molecule has 15 aromatic rings. The van der Waals surface area contributed by atoms with Crippen LogP contribution in [0.2, 0.25) is 0 Å². The number of aromatic nitrogens is 3. The molecule has 4 nitrogen and oxygen atoms in total. The van der Waals surface area contributed by atoms with E-state index in [0.717, 1.165) is 28.4 Å². The van der Waals surface area contributed by atoms with Gasteiger partial charge in [0.2, 0.25) is 0 Å². The zero-order valence-corrected chi connectivity index (χ0v) is 43.8. The summed E-state index contributed by atoms with van der Waals surface area (Å²) in [4.78, 5) is 2.43. The summed E-state index contributed by atoms with van der Waals surface area (Å²) in [5.74, 6) is 0. The highest BCUT2D eigenvalue weighted by Crippen LogP contribution is 2.52. The van der Waals surface area contributed by atoms with E-state index in [1.807, 2.05) is 0 Å². The highest BCUT2D eigenvalue weighted by atomic mass is 15.1. The second kappa shape index (κ2) is 17.4. The first-order valence-electron chi connectivity index (χ1n) is 27.4. The third-order valence-electron chi connectivity index (χ3n) is 17.0. The summed E-state index contributed by atoms with van der Waals surface area (Å²) in [5, 5.41) is 7.55. The number of para-hydroxylation sites is 6. The van der Waals surface area contributed by atoms with E-state index in [1.54, 1.807) is 0 Å². The molecule has 0 amide bonds. The van der Waals surface area contributed by atoms with Gasteiger partial charge < -0.3 is 18.6 Å². The molecule has 372 valence electrons. The molecule has 0 bridgehead atoms. The molecule has 0 unspecified atom stereocenters. The SMILES string of the molecule is CC1(C)c2cc(N(c3ccc(-c4ccc5c6ccccc6n(-c6ccccc6)c5c4)cc3)c3ccc(-c4ccc5c6ccccc6n(-c6ccccc6)c5c4)cc3)ccc2-c2ccc(-n3c4ccccc4c4ccccc43)cc21. The summed E-state index contributed by atoms with van der Waals surface area (Å²) in [6.07, 6.45) is 0. The Balaban J connectivity index is 0.810. The highest BCUT2D eigenvalue weighted by molar-refractivity contribution is 6.12. The van der Waals surface area contributed by atoms with E-state index in [4.69, 9.17) is 0 Å². The Morgan fingerprint density at radius 1 is 0.253 bits per heavy atom. The largest absolute Gasteiger partial charge is 0.310 e. The molecular formula is C75H52N4. The maximum absolute atomic E-state index is 2.45. The van der Waals surface area contributed by atoms with Crippen molar-refractivity contribution in [1.29, 1.82) is 0 Å². The molecule has 16 rings (SSSR count). The molecule has 0 fully saturated rings. The number of anilines is 3. The summed E-state index contributed by atoms with van der Waals surface area (Å²) < 4.78 is 7.23. The summed E-state index contributed by atoms with van der Waals surface area (Å²) >= 11 is 0. The maximum atomic E-state index is 2.45. The van der Waals surface area contributed by atoms with Gasteiger partial charge in [-0.15, -0.1) is 0 Å². The number of nitrogens with zero attached hydrogens (tertiary/aromatic N) is 4. The van der Waals surface area contributed by atoms with Gasteiger partial charge in [-0.3, -0.25) is 0 Å². The summed E-state index contributed by atoms with van der Waals surface area (Å²) in [7, 11) is 0. The summed E-state index contributed by atoms with van der Waals surface area (Å²) in [6, 6.07) is 103. The van der Waals surface area contributed by atoms with Crippen LogP contribution >= 0.6 is 0 Å². The van der Waals surface area contributed by atoms with Crippen molar-refractivity contribution in [2.45, 2.75) is 19.3 Å². The van der Waals surface area contributed by atoms with Gasteiger partial charge in [-0.2, -0.15) is 0 Å². The van der Waals surface area contributed by atoms with E-state index < -0.39 is 0 Å². The number of hydrogen-bond donors (Lipinski definition) is 0. The minimum Gasteiger partial charge on any atom is -0.310 e. The normalized spacial score (nSPS) is 12.8. The number of rotatable bonds is 8. The molecule has 3 aromatic heterocycles. The van der Waals surface area contributed by atoms with Gasteiger partial charge in [-0.25, -0.2) is 0 Å². The first kappa shape index (κ1) is 45.1. The fourth-order valence-electron chi connectivity index (χ4n) is 13.3. The molecule has 0 saturated carbocycles. The molecule has 0 N–H and O–H groups in total. The van der Waals surface area contributed by atoms with Crippen molar-refractivity contribution in [2.24, 2.45) is 0 Å². The fraction of sp³-hybridized carbons (Fsp3) is 0.0400. The predicted octanol–water partition coefficient (Wildman–Crippen LogP) is 20.1. The van der Waals surface area contributed by atoms with Crippen LogP contribution in [0, 0.1) is 0 Å². The van der Waals surface area contributed by atoms with E-state index in [0.29, 0.717) is 0 Å². The topological polar surface area (TPSA) is 18.0 Å². The van der Waals surface area contributed by atoms with Gasteiger partial charge in [0.1, 0.15) is 0 Å². The van der Waals surface area contributed by atoms with Crippen LogP contribution in [-0.2, 0) is 5.41 Å². The minimum atomic E-state index is -0.267. The molecule has 0 atom stereocenters. The van der Waals surface area contributed by atoms with Crippen molar-refractivity contribution >= 4 is 82.5 Å². The van der Waals surface area contributed by atoms with Crippen LogP contribution in [0.3, 0.4) is 0 Å². The van der Waals surface area contributed by atoms with E-state index in [2.05, 4.69) is 312 Å². The lowest BCUT2D eigenvalue weighted by Crippen LogP contribution is -2.17. The number of hydrogen-bond acceptors (Lipinski definition) is 1. The standard InChI is InChI=1S/C75H52N4/c1-75(2)67-47-57(39-43-59(67)60-44-40-58(48-68(60)75)79-71-27-15-9-21-61(71)62-22-10-16-28-72(62)79)76(55-35-29-49(30-36-55)51-33-41-65-63-23-11-13-25-69(63)77(73(65)45-51)53-17-5-3-6-18-53)56-37-31-50(32-38-56)52-34-42-66-64-24-12-14-26-70(64)78(74(66)46-52)54-19-7-4-8-20-54/h3-48H,1-2H3. The Morgan fingerprint density at radius 3 is 1.04 bits per heavy atom. The monoisotopic (exact) mass is 1010 g/mol. The highest BCUT2D eigenvalue weighted by Gasteiger charge is 2.37. The van der Waals surface area contributed by atoms with Crippen molar-refractivity contribution in [3.05, 3.63) is 290 Å². The average Bonchev–Trinajstić information content (AvgIpc) is 4.40. The lowest BCUT2D eigenvalue weighted by molar-refractivity contribution is 0.660. The molecule has 4 heteroatoms. The van der Waals surface area contributed by atoms with Crippen LogP contribution in [0.15, 0.2) is 279 Å². The van der Waals surface area contributed by atoms with Crippen molar-refractivity contribution in [3.8, 4) is 50.4 Å². The second-order valence-corrected chi connectivity index (χ2v) is 21.7. The fourth-order valence-corrected chi connectivity index (χ4v) is 13.3. The Morgan fingerprint density at radius 2 is 0.595 bits per heavy atom. The molecular weight excluding hydrogens is 957 g/mol. The van der Waals surface area contributed by atoms with Gasteiger partial charge in [0.15, 0.2) is 0 Å². The van der Waals surface area contributed by atoms with Crippen molar-refractivity contribution in [3.63, 3.8) is 0 Å². The Labute approximate surface area is 458 Å². The third-order valence-corrected chi connectivity index (χ3v) is 17.0. The van der Waals surface area contributed by atoms with E-state index in [-0.39, 0.29) is 5.41 Å². The Bertz CT molecular complexity index is 4650. The number of benzene rings is 12. The van der Waals surface area contributed by atoms with E-state index in [9.17, 15) is 0 Å². The van der Waals surface area contributed by atoms with Gasteiger partial charge in [0.05, 0.1) is 33.1 Å². The van der Waals surface area contributed by atoms with Crippen LogP contribution in [0.1, 0.15) is 25.0 Å². The average molecular weight is 1010 g/mol. The molecule has 1 aliphatic rings. The van der Waals surface area contributed by atoms with Crippen molar-refractivity contribution < 1.29 is 0 Å². The zero-order valence-electron chi connectivity index (χ0n) is 43.8. The molecule has 0 saturated heterocycles. The van der Waals surface area contributed by atoms with Gasteiger partial charge in [0, 0.05) is 71.9 Å². The smallest absolute Gasteiger partial charge is 0.0547 e. The van der Waals surface area contributed by atoms with Crippen molar-refractivity contribution in [2.75, 3.05) is 4.90 Å². The summed E-state index contributed by atoms with van der Waals surface area (Å²) in [6.45, 7) is 4.79. The molecule has 0 aliphatic heterocycles. The second-order valence-electron chi connectivity index (χ2n) is 21.7. The predicted molar refractivity (Wildman–Crippen MR) is 333 cm³/mol.